The van der Waals surface area contributed by atoms with Gasteiger partial charge < -0.3 is 20.4 Å². The zero-order chi connectivity index (χ0) is 20.6. The van der Waals surface area contributed by atoms with Crippen LogP contribution in [0.15, 0.2) is 61.1 Å². The second-order valence-corrected chi connectivity index (χ2v) is 6.63. The van der Waals surface area contributed by atoms with Gasteiger partial charge in [0.1, 0.15) is 12.4 Å². The van der Waals surface area contributed by atoms with E-state index in [1.165, 1.54) is 12.5 Å². The van der Waals surface area contributed by atoms with Crippen molar-refractivity contribution in [1.82, 2.24) is 9.97 Å². The molecule has 0 amide bonds. The van der Waals surface area contributed by atoms with Crippen LogP contribution in [-0.4, -0.2) is 43.6 Å². The summed E-state index contributed by atoms with van der Waals surface area (Å²) in [7, 11) is 0. The first-order chi connectivity index (χ1) is 14.1. The molecule has 0 saturated heterocycles. The van der Waals surface area contributed by atoms with Crippen LogP contribution in [0.4, 0.5) is 0 Å². The van der Waals surface area contributed by atoms with Crippen LogP contribution in [0, 0.1) is 11.8 Å². The van der Waals surface area contributed by atoms with E-state index in [1.54, 1.807) is 24.3 Å². The van der Waals surface area contributed by atoms with E-state index in [4.69, 9.17) is 5.11 Å². The molecule has 3 aromatic rings. The summed E-state index contributed by atoms with van der Waals surface area (Å²) in [5.74, 6) is 5.97. The van der Waals surface area contributed by atoms with E-state index in [-0.39, 0.29) is 24.9 Å². The Morgan fingerprint density at radius 3 is 1.93 bits per heavy atom. The first-order valence-electron chi connectivity index (χ1n) is 9.20. The van der Waals surface area contributed by atoms with Crippen LogP contribution in [0.2, 0.25) is 0 Å². The van der Waals surface area contributed by atoms with E-state index in [1.807, 2.05) is 24.3 Å². The molecule has 0 radical (unpaired) electrons. The van der Waals surface area contributed by atoms with Gasteiger partial charge in [0, 0.05) is 23.5 Å². The lowest BCUT2D eigenvalue weighted by Crippen LogP contribution is -2.09. The third kappa shape index (κ3) is 5.39. The third-order valence-electron chi connectivity index (χ3n) is 4.63. The Hall–Kier alpha value is -3.24. The van der Waals surface area contributed by atoms with Crippen molar-refractivity contribution in [3.05, 3.63) is 89.0 Å². The highest BCUT2D eigenvalue weighted by Crippen LogP contribution is 2.24. The minimum atomic E-state index is -0.881. The molecule has 0 aliphatic rings. The summed E-state index contributed by atoms with van der Waals surface area (Å²) < 4.78 is 0. The summed E-state index contributed by atoms with van der Waals surface area (Å²) in [5, 5.41) is 38.2. The maximum absolute atomic E-state index is 9.83. The molecule has 0 aliphatic carbocycles. The van der Waals surface area contributed by atoms with Crippen molar-refractivity contribution in [2.75, 3.05) is 13.2 Å². The summed E-state index contributed by atoms with van der Waals surface area (Å²) in [6.07, 6.45) is 2.24. The largest absolute Gasteiger partial charge is 0.504 e. The second kappa shape index (κ2) is 9.80. The predicted octanol–water partition coefficient (Wildman–Crippen LogP) is 1.93. The normalized spacial score (nSPS) is 12.7. The van der Waals surface area contributed by atoms with Gasteiger partial charge in [-0.05, 0) is 35.4 Å². The maximum Gasteiger partial charge on any atom is 0.155 e. The van der Waals surface area contributed by atoms with Gasteiger partial charge in [0.05, 0.1) is 25.1 Å². The molecule has 0 saturated carbocycles. The number of nitrogens with zero attached hydrogens (tertiary/aromatic N) is 2. The predicted molar refractivity (Wildman–Crippen MR) is 108 cm³/mol. The number of aliphatic hydroxyl groups excluding tert-OH is 3. The molecule has 2 unspecified atom stereocenters. The van der Waals surface area contributed by atoms with Gasteiger partial charge in [0.15, 0.2) is 5.75 Å². The van der Waals surface area contributed by atoms with Crippen molar-refractivity contribution in [3.8, 4) is 17.6 Å². The number of aromatic hydroxyl groups is 1. The summed E-state index contributed by atoms with van der Waals surface area (Å²) in [4.78, 5) is 7.83. The molecule has 1 heterocycles. The molecule has 1 aromatic heterocycles. The Bertz CT molecular complexity index is 992. The summed E-state index contributed by atoms with van der Waals surface area (Å²) in [5.41, 5.74) is 3.70. The van der Waals surface area contributed by atoms with Crippen LogP contribution < -0.4 is 0 Å². The topological polar surface area (TPSA) is 107 Å². The number of rotatable bonds is 6. The molecule has 0 fully saturated rings. The molecule has 0 spiro atoms. The molecule has 6 nitrogen and oxygen atoms in total. The third-order valence-corrected chi connectivity index (χ3v) is 4.63. The molecule has 0 aliphatic heterocycles. The van der Waals surface area contributed by atoms with E-state index in [0.717, 1.165) is 16.7 Å². The minimum Gasteiger partial charge on any atom is -0.504 e. The SMILES string of the molecule is OCC(O)c1ccc(C#Cc2ccc(C(CO)Cc3ncncc3O)cc2)cc1. The van der Waals surface area contributed by atoms with Gasteiger partial charge in [-0.3, -0.25) is 0 Å². The summed E-state index contributed by atoms with van der Waals surface area (Å²) >= 11 is 0. The molecule has 3 rings (SSSR count). The standard InChI is InChI=1S/C23H22N2O4/c26-13-20(11-21-22(28)12-24-15-25-21)18-7-3-16(4-8-18)1-2-17-5-9-19(10-6-17)23(29)14-27/h3-10,12,15,20,23,26-29H,11,13-14H2. The molecular formula is C23H22N2O4. The first kappa shape index (κ1) is 20.5. The van der Waals surface area contributed by atoms with Gasteiger partial charge in [-0.15, -0.1) is 0 Å². The smallest absolute Gasteiger partial charge is 0.155 e. The molecule has 4 N–H and O–H groups in total. The zero-order valence-corrected chi connectivity index (χ0v) is 15.7. The summed E-state index contributed by atoms with van der Waals surface area (Å²) in [6.45, 7) is -0.385. The fourth-order valence-corrected chi connectivity index (χ4v) is 2.90. The lowest BCUT2D eigenvalue weighted by molar-refractivity contribution is 0.0956. The quantitative estimate of drug-likeness (QED) is 0.479. The molecule has 29 heavy (non-hydrogen) atoms. The Balaban J connectivity index is 1.70. The fraction of sp³-hybridized carbons (Fsp3) is 0.217. The molecular weight excluding hydrogens is 368 g/mol. The van der Waals surface area contributed by atoms with Crippen molar-refractivity contribution in [2.45, 2.75) is 18.4 Å². The second-order valence-electron chi connectivity index (χ2n) is 6.63. The number of aromatic nitrogens is 2. The van der Waals surface area contributed by atoms with Crippen LogP contribution in [-0.2, 0) is 6.42 Å². The van der Waals surface area contributed by atoms with Crippen LogP contribution in [0.5, 0.6) is 5.75 Å². The molecule has 0 bridgehead atoms. The van der Waals surface area contributed by atoms with Crippen molar-refractivity contribution < 1.29 is 20.4 Å². The lowest BCUT2D eigenvalue weighted by atomic mass is 9.94. The molecule has 148 valence electrons. The Morgan fingerprint density at radius 2 is 1.41 bits per heavy atom. The van der Waals surface area contributed by atoms with Crippen molar-refractivity contribution >= 4 is 0 Å². The lowest BCUT2D eigenvalue weighted by Gasteiger charge is -2.14. The number of aliphatic hydroxyl groups is 3. The monoisotopic (exact) mass is 390 g/mol. The van der Waals surface area contributed by atoms with Gasteiger partial charge in [-0.25, -0.2) is 9.97 Å². The van der Waals surface area contributed by atoms with Gasteiger partial charge >= 0.3 is 0 Å². The number of hydrogen-bond donors (Lipinski definition) is 4. The van der Waals surface area contributed by atoms with Crippen molar-refractivity contribution in [3.63, 3.8) is 0 Å². The highest BCUT2D eigenvalue weighted by atomic mass is 16.3. The van der Waals surface area contributed by atoms with Crippen LogP contribution in [0.1, 0.15) is 40.0 Å². The summed E-state index contributed by atoms with van der Waals surface area (Å²) in [6, 6.07) is 14.7. The fourth-order valence-electron chi connectivity index (χ4n) is 2.90. The Morgan fingerprint density at radius 1 is 0.828 bits per heavy atom. The Labute approximate surface area is 169 Å². The van der Waals surface area contributed by atoms with Gasteiger partial charge in [-0.2, -0.15) is 0 Å². The van der Waals surface area contributed by atoms with Crippen molar-refractivity contribution in [1.29, 1.82) is 0 Å². The Kier molecular flexibility index (Phi) is 6.93. The maximum atomic E-state index is 9.83. The highest BCUT2D eigenvalue weighted by molar-refractivity contribution is 5.44. The molecule has 2 atom stereocenters. The number of benzene rings is 2. The van der Waals surface area contributed by atoms with E-state index in [2.05, 4.69) is 21.8 Å². The van der Waals surface area contributed by atoms with Crippen LogP contribution >= 0.6 is 0 Å². The highest BCUT2D eigenvalue weighted by Gasteiger charge is 2.14. The first-order valence-corrected chi connectivity index (χ1v) is 9.20. The van der Waals surface area contributed by atoms with E-state index in [9.17, 15) is 15.3 Å². The molecule has 2 aromatic carbocycles. The van der Waals surface area contributed by atoms with E-state index in [0.29, 0.717) is 17.7 Å². The molecule has 6 heteroatoms. The van der Waals surface area contributed by atoms with E-state index >= 15 is 0 Å². The van der Waals surface area contributed by atoms with Crippen LogP contribution in [0.25, 0.3) is 0 Å². The number of hydrogen-bond acceptors (Lipinski definition) is 6. The average Bonchev–Trinajstić information content (AvgIpc) is 2.77. The van der Waals surface area contributed by atoms with Gasteiger partial charge in [0.25, 0.3) is 0 Å². The zero-order valence-electron chi connectivity index (χ0n) is 15.7. The minimum absolute atomic E-state index is 0.0194. The van der Waals surface area contributed by atoms with Gasteiger partial charge in [-0.1, -0.05) is 36.1 Å². The van der Waals surface area contributed by atoms with Crippen molar-refractivity contribution in [2.24, 2.45) is 0 Å². The van der Waals surface area contributed by atoms with Gasteiger partial charge in [0.2, 0.25) is 0 Å². The average molecular weight is 390 g/mol. The van der Waals surface area contributed by atoms with Crippen LogP contribution in [0.3, 0.4) is 0 Å². The van der Waals surface area contributed by atoms with E-state index < -0.39 is 6.10 Å².